The Morgan fingerprint density at radius 3 is 1.65 bits per heavy atom. The summed E-state index contributed by atoms with van der Waals surface area (Å²) in [5.74, 6) is 7.16. The molecule has 0 atom stereocenters. The van der Waals surface area contributed by atoms with Crippen molar-refractivity contribution in [2.75, 3.05) is 26.0 Å². The molecule has 0 radical (unpaired) electrons. The van der Waals surface area contributed by atoms with Crippen LogP contribution in [0, 0.1) is 17.8 Å². The normalized spacial score (nSPS) is 22.0. The molecule has 156 valence electrons. The third kappa shape index (κ3) is 12.2. The van der Waals surface area contributed by atoms with Crippen molar-refractivity contribution in [1.82, 2.24) is 5.43 Å². The van der Waals surface area contributed by atoms with Gasteiger partial charge in [0.25, 0.3) is 10.1 Å². The highest BCUT2D eigenvalue weighted by Gasteiger charge is 2.17. The molecule has 26 heavy (non-hydrogen) atoms. The molecule has 0 amide bonds. The van der Waals surface area contributed by atoms with E-state index >= 15 is 0 Å². The maximum Gasteiger partial charge on any atom is 0.264 e. The quantitative estimate of drug-likeness (QED) is 0.365. The minimum absolute atomic E-state index is 0.388. The highest BCUT2D eigenvalue weighted by molar-refractivity contribution is 7.85. The largest absolute Gasteiger partial charge is 0.396 e. The van der Waals surface area contributed by atoms with Gasteiger partial charge in [0.15, 0.2) is 0 Å². The van der Waals surface area contributed by atoms with Crippen LogP contribution >= 0.6 is 0 Å². The number of rotatable bonds is 6. The van der Waals surface area contributed by atoms with Gasteiger partial charge in [-0.1, -0.05) is 38.5 Å². The van der Waals surface area contributed by atoms with Gasteiger partial charge in [0, 0.05) is 13.2 Å². The van der Waals surface area contributed by atoms with Crippen LogP contribution in [0.4, 0.5) is 0 Å². The van der Waals surface area contributed by atoms with Crippen molar-refractivity contribution >= 4 is 10.1 Å². The summed E-state index contributed by atoms with van der Waals surface area (Å²) in [4.78, 5) is 0. The summed E-state index contributed by atoms with van der Waals surface area (Å²) >= 11 is 0. The second-order valence-corrected chi connectivity index (χ2v) is 9.67. The molecule has 3 saturated carbocycles. The second-order valence-electron chi connectivity index (χ2n) is 8.03. The van der Waals surface area contributed by atoms with E-state index in [1.807, 2.05) is 0 Å². The average Bonchev–Trinajstić information content (AvgIpc) is 3.36. The van der Waals surface area contributed by atoms with Gasteiger partial charge in [-0.05, 0) is 56.3 Å². The number of aliphatic hydroxyl groups is 1. The van der Waals surface area contributed by atoms with Crippen LogP contribution in [0.5, 0.6) is 0 Å². The highest BCUT2D eigenvalue weighted by atomic mass is 32.2. The van der Waals surface area contributed by atoms with Crippen molar-refractivity contribution in [3.05, 3.63) is 0 Å². The molecule has 0 aromatic carbocycles. The predicted molar refractivity (Wildman–Crippen MR) is 106 cm³/mol. The van der Waals surface area contributed by atoms with Crippen molar-refractivity contribution in [1.29, 1.82) is 0 Å². The molecule has 0 saturated heterocycles. The van der Waals surface area contributed by atoms with Crippen LogP contribution in [-0.4, -0.2) is 39.5 Å². The van der Waals surface area contributed by atoms with Crippen LogP contribution in [0.1, 0.15) is 77.0 Å². The van der Waals surface area contributed by atoms with Crippen molar-refractivity contribution in [2.45, 2.75) is 77.0 Å². The van der Waals surface area contributed by atoms with E-state index in [0.717, 1.165) is 31.6 Å². The maximum atomic E-state index is 10.6. The molecule has 0 spiro atoms. The Hall–Kier alpha value is -0.210. The van der Waals surface area contributed by atoms with Gasteiger partial charge in [-0.25, -0.2) is 0 Å². The second kappa shape index (κ2) is 13.9. The van der Waals surface area contributed by atoms with Crippen LogP contribution in [0.15, 0.2) is 0 Å². The van der Waals surface area contributed by atoms with E-state index in [1.54, 1.807) is 0 Å². The molecule has 3 fully saturated rings. The summed E-state index contributed by atoms with van der Waals surface area (Å²) in [7, 11) is -3.21. The summed E-state index contributed by atoms with van der Waals surface area (Å²) in [6, 6.07) is 0. The fraction of sp³-hybridized carbons (Fsp3) is 1.00. The van der Waals surface area contributed by atoms with E-state index in [9.17, 15) is 8.42 Å². The summed E-state index contributed by atoms with van der Waals surface area (Å²) < 4.78 is 25.8. The number of hydrogen-bond acceptors (Lipinski definition) is 6. The number of hydrogen-bond donors (Lipinski definition) is 3. The van der Waals surface area contributed by atoms with Crippen molar-refractivity contribution in [3.8, 4) is 0 Å². The first-order chi connectivity index (χ1) is 12.4. The van der Waals surface area contributed by atoms with Gasteiger partial charge >= 0.3 is 0 Å². The summed E-state index contributed by atoms with van der Waals surface area (Å²) in [5.41, 5.74) is 2.71. The zero-order valence-electron chi connectivity index (χ0n) is 16.5. The lowest BCUT2D eigenvalue weighted by Gasteiger charge is -2.06. The topological polar surface area (TPSA) is 102 Å². The zero-order valence-corrected chi connectivity index (χ0v) is 17.3. The van der Waals surface area contributed by atoms with Crippen LogP contribution in [-0.2, 0) is 14.3 Å². The maximum absolute atomic E-state index is 10.6. The Labute approximate surface area is 160 Å². The molecule has 3 rings (SSSR count). The van der Waals surface area contributed by atoms with E-state index in [0.29, 0.717) is 25.0 Å². The standard InChI is InChI=1S/C7H14O3S.C6H14N2.C6H12O/c1-11(8,9)10-6-7-4-2-3-5-7;7-8-5-6-3-1-2-4-6;7-5-6-3-1-2-4-6/h7H,2-6H2,1H3;6,8H,1-5,7H2;6-7H,1-5H2. The van der Waals surface area contributed by atoms with Crippen LogP contribution in [0.3, 0.4) is 0 Å². The molecular weight excluding hydrogens is 352 g/mol. The summed E-state index contributed by atoms with van der Waals surface area (Å²) in [6.07, 6.45) is 16.6. The van der Waals surface area contributed by atoms with E-state index in [-0.39, 0.29) is 0 Å². The molecule has 7 heteroatoms. The fourth-order valence-corrected chi connectivity index (χ4v) is 4.41. The van der Waals surface area contributed by atoms with E-state index in [1.165, 1.54) is 64.2 Å². The molecule has 0 aromatic rings. The van der Waals surface area contributed by atoms with E-state index < -0.39 is 10.1 Å². The monoisotopic (exact) mass is 392 g/mol. The van der Waals surface area contributed by atoms with Crippen LogP contribution < -0.4 is 11.3 Å². The Morgan fingerprint density at radius 1 is 0.885 bits per heavy atom. The summed E-state index contributed by atoms with van der Waals surface area (Å²) in [6.45, 7) is 1.82. The van der Waals surface area contributed by atoms with Crippen LogP contribution in [0.2, 0.25) is 0 Å². The Kier molecular flexibility index (Phi) is 12.7. The lowest BCUT2D eigenvalue weighted by molar-refractivity contribution is 0.230. The Morgan fingerprint density at radius 2 is 1.31 bits per heavy atom. The van der Waals surface area contributed by atoms with Gasteiger partial charge < -0.3 is 5.11 Å². The molecule has 0 unspecified atom stereocenters. The highest BCUT2D eigenvalue weighted by Crippen LogP contribution is 2.25. The first-order valence-corrected chi connectivity index (χ1v) is 12.1. The zero-order chi connectivity index (χ0) is 19.3. The van der Waals surface area contributed by atoms with E-state index in [2.05, 4.69) is 9.61 Å². The van der Waals surface area contributed by atoms with E-state index in [4.69, 9.17) is 10.9 Å². The SMILES string of the molecule is CS(=O)(=O)OCC1CCCC1.NNCC1CCCC1.OCC1CCCC1. The molecule has 0 heterocycles. The number of nitrogens with two attached hydrogens (primary N) is 1. The molecule has 6 nitrogen and oxygen atoms in total. The lowest BCUT2D eigenvalue weighted by atomic mass is 10.1. The van der Waals surface area contributed by atoms with Crippen molar-refractivity contribution in [3.63, 3.8) is 0 Å². The minimum atomic E-state index is -3.21. The molecule has 0 aliphatic heterocycles. The third-order valence-electron chi connectivity index (χ3n) is 5.61. The molecular formula is C19H40N2O4S. The first-order valence-electron chi connectivity index (χ1n) is 10.3. The fourth-order valence-electron chi connectivity index (χ4n) is 3.97. The molecule has 3 aliphatic rings. The van der Waals surface area contributed by atoms with Gasteiger partial charge in [-0.15, -0.1) is 0 Å². The van der Waals surface area contributed by atoms with Crippen molar-refractivity contribution < 1.29 is 17.7 Å². The van der Waals surface area contributed by atoms with Crippen LogP contribution in [0.25, 0.3) is 0 Å². The molecule has 0 bridgehead atoms. The number of hydrazine groups is 1. The van der Waals surface area contributed by atoms with Gasteiger partial charge in [-0.3, -0.25) is 15.5 Å². The lowest BCUT2D eigenvalue weighted by Crippen LogP contribution is -2.27. The number of aliphatic hydroxyl groups excluding tert-OH is 1. The number of nitrogens with one attached hydrogen (secondary N) is 1. The molecule has 4 N–H and O–H groups in total. The van der Waals surface area contributed by atoms with Gasteiger partial charge in [0.05, 0.1) is 12.9 Å². The van der Waals surface area contributed by atoms with Gasteiger partial charge in [-0.2, -0.15) is 8.42 Å². The predicted octanol–water partition coefficient (Wildman–Crippen LogP) is 2.96. The Balaban J connectivity index is 0.000000201. The minimum Gasteiger partial charge on any atom is -0.396 e. The smallest absolute Gasteiger partial charge is 0.264 e. The molecule has 3 aliphatic carbocycles. The average molecular weight is 393 g/mol. The summed E-state index contributed by atoms with van der Waals surface area (Å²) in [5, 5.41) is 8.57. The first kappa shape index (κ1) is 23.8. The molecule has 0 aromatic heterocycles. The van der Waals surface area contributed by atoms with Crippen molar-refractivity contribution in [2.24, 2.45) is 23.6 Å². The third-order valence-corrected chi connectivity index (χ3v) is 6.17. The van der Waals surface area contributed by atoms with Gasteiger partial charge in [0.1, 0.15) is 0 Å². The van der Waals surface area contributed by atoms with Gasteiger partial charge in [0.2, 0.25) is 0 Å². The Bertz CT molecular complexity index is 427.